The number of amides is 3. The summed E-state index contributed by atoms with van der Waals surface area (Å²) in [7, 11) is -4.01. The third kappa shape index (κ3) is 7.01. The molecule has 4 rings (SSSR count). The Balaban J connectivity index is 1.62. The molecule has 39 heavy (non-hydrogen) atoms. The van der Waals surface area contributed by atoms with Crippen LogP contribution in [0, 0.1) is 0 Å². The molecule has 1 saturated heterocycles. The van der Waals surface area contributed by atoms with E-state index in [-0.39, 0.29) is 18.7 Å². The van der Waals surface area contributed by atoms with Crippen LogP contribution >= 0.6 is 11.6 Å². The highest BCUT2D eigenvalue weighted by atomic mass is 35.5. The number of carbonyl (C=O) groups is 2. The number of anilines is 1. The predicted octanol–water partition coefficient (Wildman–Crippen LogP) is 5.60. The highest BCUT2D eigenvalue weighted by molar-refractivity contribution is 7.90. The van der Waals surface area contributed by atoms with Gasteiger partial charge in [0.15, 0.2) is 0 Å². The van der Waals surface area contributed by atoms with Crippen molar-refractivity contribution in [1.29, 1.82) is 0 Å². The number of rotatable bonds is 8. The number of sulfonamides is 1. The van der Waals surface area contributed by atoms with Crippen LogP contribution in [0.15, 0.2) is 72.8 Å². The van der Waals surface area contributed by atoms with Gasteiger partial charge in [-0.25, -0.2) is 13.2 Å². The van der Waals surface area contributed by atoms with E-state index in [1.165, 1.54) is 21.9 Å². The normalized spacial score (nSPS) is 15.9. The number of nitrogens with one attached hydrogen (secondary N) is 1. The van der Waals surface area contributed by atoms with Gasteiger partial charge in [0.2, 0.25) is 15.9 Å². The lowest BCUT2D eigenvalue weighted by atomic mass is 10.0. The van der Waals surface area contributed by atoms with Crippen LogP contribution in [-0.4, -0.2) is 44.1 Å². The largest absolute Gasteiger partial charge is 0.457 e. The van der Waals surface area contributed by atoms with Crippen molar-refractivity contribution < 1.29 is 35.9 Å². The molecular formula is C26H23ClF3N3O5S. The van der Waals surface area contributed by atoms with E-state index >= 15 is 0 Å². The number of hydrogen-bond acceptors (Lipinski definition) is 5. The summed E-state index contributed by atoms with van der Waals surface area (Å²) in [4.78, 5) is 27.1. The number of hydrogen-bond donors (Lipinski definition) is 1. The Bertz CT molecular complexity index is 1470. The highest BCUT2D eigenvalue weighted by Gasteiger charge is 2.40. The van der Waals surface area contributed by atoms with Crippen molar-refractivity contribution in [2.24, 2.45) is 0 Å². The zero-order valence-electron chi connectivity index (χ0n) is 20.5. The summed E-state index contributed by atoms with van der Waals surface area (Å²) >= 11 is 5.89. The molecule has 8 nitrogen and oxygen atoms in total. The third-order valence-corrected chi connectivity index (χ3v) is 7.44. The first-order chi connectivity index (χ1) is 18.3. The molecular weight excluding hydrogens is 559 g/mol. The molecule has 1 aliphatic rings. The van der Waals surface area contributed by atoms with Crippen molar-refractivity contribution >= 4 is 39.2 Å². The summed E-state index contributed by atoms with van der Waals surface area (Å²) < 4.78 is 72.1. The fraction of sp³-hybridized carbons (Fsp3) is 0.231. The molecule has 0 saturated carbocycles. The quantitative estimate of drug-likeness (QED) is 0.374. The molecule has 3 aromatic carbocycles. The standard InChI is InChI=1S/C26H23ClF3N3O5S/c1-17(34)31-39(36,37)14-13-32-16-24(18-3-2-4-19(15-18)26(28,29)30)33(25(32)35)21-7-11-23(12-8-21)38-22-9-5-20(27)6-10-22/h2-12,15,24H,13-14,16H2,1H3,(H,31,34). The summed E-state index contributed by atoms with van der Waals surface area (Å²) in [6.07, 6.45) is -4.59. The van der Waals surface area contributed by atoms with Crippen molar-refractivity contribution in [3.8, 4) is 11.5 Å². The van der Waals surface area contributed by atoms with Crippen LogP contribution < -0.4 is 14.4 Å². The van der Waals surface area contributed by atoms with Gasteiger partial charge in [0.25, 0.3) is 0 Å². The number of urea groups is 1. The van der Waals surface area contributed by atoms with Crippen LogP contribution in [0.1, 0.15) is 24.1 Å². The van der Waals surface area contributed by atoms with E-state index < -0.39 is 45.5 Å². The summed E-state index contributed by atoms with van der Waals surface area (Å²) in [6.45, 7) is 0.703. The van der Waals surface area contributed by atoms with Crippen molar-refractivity contribution in [2.45, 2.75) is 19.1 Å². The first-order valence-electron chi connectivity index (χ1n) is 11.6. The van der Waals surface area contributed by atoms with E-state index in [4.69, 9.17) is 16.3 Å². The van der Waals surface area contributed by atoms with Gasteiger partial charge in [-0.1, -0.05) is 23.7 Å². The lowest BCUT2D eigenvalue weighted by Gasteiger charge is -2.24. The molecule has 0 spiro atoms. The predicted molar refractivity (Wildman–Crippen MR) is 139 cm³/mol. The van der Waals surface area contributed by atoms with Crippen LogP contribution in [0.2, 0.25) is 5.02 Å². The van der Waals surface area contributed by atoms with Gasteiger partial charge in [-0.15, -0.1) is 0 Å². The number of ether oxygens (including phenoxy) is 1. The smallest absolute Gasteiger partial charge is 0.416 e. The summed E-state index contributed by atoms with van der Waals surface area (Å²) in [6, 6.07) is 16.3. The maximum absolute atomic E-state index is 13.4. The second kappa shape index (κ2) is 11.1. The van der Waals surface area contributed by atoms with Gasteiger partial charge < -0.3 is 9.64 Å². The minimum atomic E-state index is -4.59. The first-order valence-corrected chi connectivity index (χ1v) is 13.7. The Morgan fingerprint density at radius 1 is 1.05 bits per heavy atom. The Labute approximate surface area is 228 Å². The average Bonchev–Trinajstić information content (AvgIpc) is 3.20. The van der Waals surface area contributed by atoms with Crippen molar-refractivity contribution in [3.63, 3.8) is 0 Å². The number of alkyl halides is 3. The molecule has 0 bridgehead atoms. The molecule has 1 fully saturated rings. The van der Waals surface area contributed by atoms with Crippen LogP contribution in [0.4, 0.5) is 23.7 Å². The molecule has 0 aliphatic carbocycles. The molecule has 0 radical (unpaired) electrons. The highest BCUT2D eigenvalue weighted by Crippen LogP contribution is 2.38. The molecule has 206 valence electrons. The fourth-order valence-corrected chi connectivity index (χ4v) is 5.25. The molecule has 13 heteroatoms. The van der Waals surface area contributed by atoms with Gasteiger partial charge in [-0.05, 0) is 66.2 Å². The zero-order valence-corrected chi connectivity index (χ0v) is 22.1. The van der Waals surface area contributed by atoms with Crippen LogP contribution in [0.5, 0.6) is 11.5 Å². The molecule has 1 aliphatic heterocycles. The van der Waals surface area contributed by atoms with E-state index in [1.54, 1.807) is 48.5 Å². The molecule has 1 unspecified atom stereocenters. The summed E-state index contributed by atoms with van der Waals surface area (Å²) in [5, 5.41) is 0.542. The number of halogens is 4. The Hall–Kier alpha value is -3.77. The van der Waals surface area contributed by atoms with Crippen LogP contribution in [-0.2, 0) is 21.0 Å². The maximum atomic E-state index is 13.4. The topological polar surface area (TPSA) is 96.0 Å². The lowest BCUT2D eigenvalue weighted by molar-refractivity contribution is -0.137. The third-order valence-electron chi connectivity index (χ3n) is 5.87. The SMILES string of the molecule is CC(=O)NS(=O)(=O)CCN1CC(c2cccc(C(F)(F)F)c2)N(c2ccc(Oc3ccc(Cl)cc3)cc2)C1=O. The van der Waals surface area contributed by atoms with E-state index in [0.717, 1.165) is 19.1 Å². The molecule has 3 aromatic rings. The second-order valence-electron chi connectivity index (χ2n) is 8.76. The Kier molecular flexibility index (Phi) is 8.07. The van der Waals surface area contributed by atoms with Crippen LogP contribution in [0.25, 0.3) is 0 Å². The van der Waals surface area contributed by atoms with Gasteiger partial charge in [0.1, 0.15) is 11.5 Å². The van der Waals surface area contributed by atoms with E-state index in [1.807, 2.05) is 4.72 Å². The molecule has 3 amide bonds. The van der Waals surface area contributed by atoms with E-state index in [0.29, 0.717) is 22.2 Å². The van der Waals surface area contributed by atoms with E-state index in [9.17, 15) is 31.2 Å². The summed E-state index contributed by atoms with van der Waals surface area (Å²) in [5.41, 5.74) is -0.268. The molecule has 1 atom stereocenters. The minimum Gasteiger partial charge on any atom is -0.457 e. The van der Waals surface area contributed by atoms with Gasteiger partial charge in [-0.2, -0.15) is 13.2 Å². The lowest BCUT2D eigenvalue weighted by Crippen LogP contribution is -2.38. The van der Waals surface area contributed by atoms with Gasteiger partial charge in [-0.3, -0.25) is 14.4 Å². The van der Waals surface area contributed by atoms with Gasteiger partial charge >= 0.3 is 12.2 Å². The zero-order chi connectivity index (χ0) is 28.4. The second-order valence-corrected chi connectivity index (χ2v) is 11.0. The van der Waals surface area contributed by atoms with Crippen molar-refractivity contribution in [3.05, 3.63) is 88.9 Å². The number of carbonyl (C=O) groups excluding carboxylic acids is 2. The number of nitrogens with zero attached hydrogens (tertiary/aromatic N) is 2. The Morgan fingerprint density at radius 3 is 2.26 bits per heavy atom. The molecule has 1 heterocycles. The first kappa shape index (κ1) is 28.2. The van der Waals surface area contributed by atoms with Crippen molar-refractivity contribution in [1.82, 2.24) is 9.62 Å². The Morgan fingerprint density at radius 2 is 1.67 bits per heavy atom. The minimum absolute atomic E-state index is 0.0707. The number of benzene rings is 3. The van der Waals surface area contributed by atoms with E-state index in [2.05, 4.69) is 0 Å². The van der Waals surface area contributed by atoms with Crippen LogP contribution in [0.3, 0.4) is 0 Å². The van der Waals surface area contributed by atoms with Crippen molar-refractivity contribution in [2.75, 3.05) is 23.7 Å². The van der Waals surface area contributed by atoms with Gasteiger partial charge in [0, 0.05) is 30.7 Å². The van der Waals surface area contributed by atoms with Gasteiger partial charge in [0.05, 0.1) is 17.4 Å². The maximum Gasteiger partial charge on any atom is 0.416 e. The average molecular weight is 582 g/mol. The molecule has 0 aromatic heterocycles. The summed E-state index contributed by atoms with van der Waals surface area (Å²) in [5.74, 6) is -0.360. The monoisotopic (exact) mass is 581 g/mol. The molecule has 1 N–H and O–H groups in total. The fourth-order valence-electron chi connectivity index (χ4n) is 4.12.